The lowest BCUT2D eigenvalue weighted by molar-refractivity contribution is -0.137. The van der Waals surface area contributed by atoms with Gasteiger partial charge in [0.25, 0.3) is 5.91 Å². The number of imidazole rings is 1. The van der Waals surface area contributed by atoms with Gasteiger partial charge < -0.3 is 20.2 Å². The van der Waals surface area contributed by atoms with E-state index in [1.54, 1.807) is 18.4 Å². The van der Waals surface area contributed by atoms with E-state index in [-0.39, 0.29) is 24.3 Å². The van der Waals surface area contributed by atoms with Gasteiger partial charge in [0.2, 0.25) is 0 Å². The van der Waals surface area contributed by atoms with E-state index in [4.69, 9.17) is 9.40 Å². The molecule has 1 saturated carbocycles. The summed E-state index contributed by atoms with van der Waals surface area (Å²) < 4.78 is 7.57. The first-order valence-corrected chi connectivity index (χ1v) is 12.8. The molecule has 1 aliphatic carbocycles. The number of carboxylic acids is 1. The molecule has 0 spiro atoms. The summed E-state index contributed by atoms with van der Waals surface area (Å²) in [7, 11) is 0. The number of carbonyl (C=O) groups excluding carboxylic acids is 1. The molecule has 8 heteroatoms. The molecule has 3 N–H and O–H groups in total. The second-order valence-corrected chi connectivity index (χ2v) is 9.90. The maximum Gasteiger partial charge on any atom is 0.305 e. The second-order valence-electron chi connectivity index (χ2n) is 9.90. The topological polar surface area (TPSA) is 109 Å². The number of para-hydroxylation sites is 1. The standard InChI is InChI=1S/C29H32N4O4/c1-18-8-6-9-19(2)26(18)32-28-27(23-12-7-15-37-23)31-24-16-21(13-14-33(24)28)29(36)30-22(17-25(34)35)20-10-4-3-5-11-20/h6-9,12-16,20,22,32H,3-5,10-11,17H2,1-2H3,(H,30,36)(H,34,35). The molecule has 1 aliphatic rings. The average molecular weight is 501 g/mol. The van der Waals surface area contributed by atoms with Crippen LogP contribution in [0.4, 0.5) is 11.5 Å². The first-order valence-electron chi connectivity index (χ1n) is 12.8. The maximum absolute atomic E-state index is 13.2. The molecule has 0 radical (unpaired) electrons. The van der Waals surface area contributed by atoms with E-state index in [1.807, 2.05) is 54.8 Å². The molecule has 1 amide bonds. The van der Waals surface area contributed by atoms with Crippen LogP contribution in [-0.2, 0) is 4.79 Å². The Balaban J connectivity index is 1.48. The smallest absolute Gasteiger partial charge is 0.305 e. The van der Waals surface area contributed by atoms with Crippen LogP contribution in [0.15, 0.2) is 59.3 Å². The number of amides is 1. The van der Waals surface area contributed by atoms with E-state index < -0.39 is 5.97 Å². The van der Waals surface area contributed by atoms with Gasteiger partial charge >= 0.3 is 5.97 Å². The molecule has 37 heavy (non-hydrogen) atoms. The van der Waals surface area contributed by atoms with Crippen LogP contribution in [0.5, 0.6) is 0 Å². The molecular formula is C29H32N4O4. The van der Waals surface area contributed by atoms with Gasteiger partial charge in [-0.15, -0.1) is 0 Å². The van der Waals surface area contributed by atoms with Crippen molar-refractivity contribution in [2.45, 2.75) is 58.4 Å². The fourth-order valence-corrected chi connectivity index (χ4v) is 5.33. The fraction of sp³-hybridized carbons (Fsp3) is 0.345. The van der Waals surface area contributed by atoms with Crippen LogP contribution < -0.4 is 10.6 Å². The van der Waals surface area contributed by atoms with Crippen LogP contribution in [0.3, 0.4) is 0 Å². The number of anilines is 2. The second kappa shape index (κ2) is 10.5. The zero-order chi connectivity index (χ0) is 25.9. The summed E-state index contributed by atoms with van der Waals surface area (Å²) in [5.41, 5.74) is 4.85. The minimum atomic E-state index is -0.898. The minimum absolute atomic E-state index is 0.0749. The van der Waals surface area contributed by atoms with Crippen molar-refractivity contribution in [3.63, 3.8) is 0 Å². The van der Waals surface area contributed by atoms with E-state index >= 15 is 0 Å². The van der Waals surface area contributed by atoms with Gasteiger partial charge in [-0.05, 0) is 68.0 Å². The number of aryl methyl sites for hydroxylation is 2. The van der Waals surface area contributed by atoms with Gasteiger partial charge in [0, 0.05) is 23.5 Å². The van der Waals surface area contributed by atoms with Crippen molar-refractivity contribution in [3.8, 4) is 11.5 Å². The summed E-state index contributed by atoms with van der Waals surface area (Å²) in [5.74, 6) is 0.348. The van der Waals surface area contributed by atoms with Gasteiger partial charge in [-0.3, -0.25) is 14.0 Å². The highest BCUT2D eigenvalue weighted by Gasteiger charge is 2.28. The molecule has 8 nitrogen and oxygen atoms in total. The number of aromatic nitrogens is 2. The van der Waals surface area contributed by atoms with Gasteiger partial charge in [-0.1, -0.05) is 37.5 Å². The summed E-state index contributed by atoms with van der Waals surface area (Å²) >= 11 is 0. The predicted molar refractivity (Wildman–Crippen MR) is 142 cm³/mol. The van der Waals surface area contributed by atoms with E-state index in [0.29, 0.717) is 22.7 Å². The molecule has 1 atom stereocenters. The summed E-state index contributed by atoms with van der Waals surface area (Å²) in [5, 5.41) is 16.0. The minimum Gasteiger partial charge on any atom is -0.481 e. The molecule has 1 unspecified atom stereocenters. The van der Waals surface area contributed by atoms with Gasteiger partial charge in [-0.25, -0.2) is 4.98 Å². The molecule has 4 aromatic rings. The lowest BCUT2D eigenvalue weighted by Crippen LogP contribution is -2.42. The Morgan fingerprint density at radius 3 is 2.54 bits per heavy atom. The number of fused-ring (bicyclic) bond motifs is 1. The van der Waals surface area contributed by atoms with Crippen molar-refractivity contribution < 1.29 is 19.1 Å². The number of carbonyl (C=O) groups is 2. The number of nitrogens with one attached hydrogen (secondary N) is 2. The Hall–Kier alpha value is -4.07. The summed E-state index contributed by atoms with van der Waals surface area (Å²) in [4.78, 5) is 29.6. The number of nitrogens with zero attached hydrogens (tertiary/aromatic N) is 2. The Bertz CT molecular complexity index is 1400. The number of benzene rings is 1. The Kier molecular flexibility index (Phi) is 6.99. The van der Waals surface area contributed by atoms with E-state index in [1.165, 1.54) is 0 Å². The van der Waals surface area contributed by atoms with Crippen molar-refractivity contribution >= 4 is 29.0 Å². The zero-order valence-electron chi connectivity index (χ0n) is 21.2. The van der Waals surface area contributed by atoms with Crippen molar-refractivity contribution in [1.82, 2.24) is 14.7 Å². The fourth-order valence-electron chi connectivity index (χ4n) is 5.33. The van der Waals surface area contributed by atoms with Gasteiger partial charge in [0.1, 0.15) is 17.2 Å². The van der Waals surface area contributed by atoms with Crippen LogP contribution >= 0.6 is 0 Å². The third kappa shape index (κ3) is 5.23. The van der Waals surface area contributed by atoms with Crippen molar-refractivity contribution in [1.29, 1.82) is 0 Å². The van der Waals surface area contributed by atoms with Crippen LogP contribution in [0.1, 0.15) is 60.0 Å². The Morgan fingerprint density at radius 2 is 1.86 bits per heavy atom. The van der Waals surface area contributed by atoms with Gasteiger partial charge in [0.05, 0.1) is 12.7 Å². The number of aliphatic carboxylic acids is 1. The van der Waals surface area contributed by atoms with Crippen LogP contribution in [0.2, 0.25) is 0 Å². The Labute approximate surface area is 215 Å². The van der Waals surface area contributed by atoms with E-state index in [0.717, 1.165) is 54.7 Å². The summed E-state index contributed by atoms with van der Waals surface area (Å²) in [6, 6.07) is 12.9. The van der Waals surface area contributed by atoms with Gasteiger partial charge in [0.15, 0.2) is 5.76 Å². The largest absolute Gasteiger partial charge is 0.481 e. The monoisotopic (exact) mass is 500 g/mol. The quantitative estimate of drug-likeness (QED) is 0.269. The third-order valence-electron chi connectivity index (χ3n) is 7.30. The maximum atomic E-state index is 13.2. The predicted octanol–water partition coefficient (Wildman–Crippen LogP) is 6.11. The third-order valence-corrected chi connectivity index (χ3v) is 7.30. The molecule has 1 fully saturated rings. The molecule has 0 aliphatic heterocycles. The SMILES string of the molecule is Cc1cccc(C)c1Nc1c(-c2ccco2)nc2cc(C(=O)NC(CC(=O)O)C3CCCCC3)ccn12. The highest BCUT2D eigenvalue weighted by molar-refractivity contribution is 5.96. The van der Waals surface area contributed by atoms with Crippen molar-refractivity contribution in [2.75, 3.05) is 5.32 Å². The average Bonchev–Trinajstić information content (AvgIpc) is 3.54. The molecule has 192 valence electrons. The van der Waals surface area contributed by atoms with Crippen LogP contribution in [-0.4, -0.2) is 32.4 Å². The molecular weight excluding hydrogens is 468 g/mol. The number of carboxylic acid groups (broad SMARTS) is 1. The van der Waals surface area contributed by atoms with Crippen LogP contribution in [0, 0.1) is 19.8 Å². The molecule has 3 aromatic heterocycles. The molecule has 1 aromatic carbocycles. The normalized spacial score (nSPS) is 15.0. The number of pyridine rings is 1. The van der Waals surface area contributed by atoms with E-state index in [2.05, 4.69) is 10.6 Å². The zero-order valence-corrected chi connectivity index (χ0v) is 21.2. The highest BCUT2D eigenvalue weighted by atomic mass is 16.4. The van der Waals surface area contributed by atoms with Crippen LogP contribution in [0.25, 0.3) is 17.1 Å². The highest BCUT2D eigenvalue weighted by Crippen LogP contribution is 2.34. The van der Waals surface area contributed by atoms with Gasteiger partial charge in [-0.2, -0.15) is 0 Å². The van der Waals surface area contributed by atoms with E-state index in [9.17, 15) is 14.7 Å². The number of hydrogen-bond acceptors (Lipinski definition) is 5. The lowest BCUT2D eigenvalue weighted by Gasteiger charge is -2.30. The molecule has 3 heterocycles. The van der Waals surface area contributed by atoms with Crippen molar-refractivity contribution in [3.05, 3.63) is 71.6 Å². The molecule has 0 saturated heterocycles. The first kappa shape index (κ1) is 24.6. The van der Waals surface area contributed by atoms with Crippen molar-refractivity contribution in [2.24, 2.45) is 5.92 Å². The lowest BCUT2D eigenvalue weighted by atomic mass is 9.82. The molecule has 0 bridgehead atoms. The first-order chi connectivity index (χ1) is 17.9. The Morgan fingerprint density at radius 1 is 1.11 bits per heavy atom. The summed E-state index contributed by atoms with van der Waals surface area (Å²) in [6.07, 6.45) is 8.53. The molecule has 5 rings (SSSR count). The number of hydrogen-bond donors (Lipinski definition) is 3. The summed E-state index contributed by atoms with van der Waals surface area (Å²) in [6.45, 7) is 4.10. The number of furan rings is 1. The number of rotatable bonds is 8.